The van der Waals surface area contributed by atoms with Crippen LogP contribution in [0.15, 0.2) is 12.7 Å². The molecule has 30 heavy (non-hydrogen) atoms. The molecule has 3 aliphatic rings. The van der Waals surface area contributed by atoms with Crippen molar-refractivity contribution in [2.75, 3.05) is 19.7 Å². The van der Waals surface area contributed by atoms with Crippen LogP contribution in [-0.4, -0.2) is 81.3 Å². The van der Waals surface area contributed by atoms with E-state index < -0.39 is 41.6 Å². The second-order valence-electron chi connectivity index (χ2n) is 9.06. The van der Waals surface area contributed by atoms with Crippen molar-refractivity contribution in [1.82, 2.24) is 9.80 Å². The molecular formula is C22H34N2O6. The minimum atomic E-state index is -1.14. The molecule has 2 amide bonds. The van der Waals surface area contributed by atoms with Gasteiger partial charge in [0.2, 0.25) is 11.8 Å². The highest BCUT2D eigenvalue weighted by atomic mass is 16.5. The summed E-state index contributed by atoms with van der Waals surface area (Å²) < 4.78 is 6.20. The van der Waals surface area contributed by atoms with Crippen LogP contribution in [0.4, 0.5) is 0 Å². The van der Waals surface area contributed by atoms with Crippen LogP contribution in [0.3, 0.4) is 0 Å². The van der Waals surface area contributed by atoms with E-state index in [0.717, 1.165) is 12.8 Å². The smallest absolute Gasteiger partial charge is 0.310 e. The second-order valence-corrected chi connectivity index (χ2v) is 9.06. The largest absolute Gasteiger partial charge is 0.481 e. The number of carbonyl (C=O) groups is 3. The Balaban J connectivity index is 2.08. The number of aliphatic carboxylic acids is 1. The van der Waals surface area contributed by atoms with Crippen molar-refractivity contribution in [3.63, 3.8) is 0 Å². The standard InChI is InChI=1S/C22H34N2O6/c1-5-7-11-23(10-6-2)20(27)18-22-9-8-15(30-22)16(21(28)29)17(22)19(26)24(18)14(12-25)13(3)4/h6,13-18,25H,2,5,7-12H2,1,3-4H3,(H,28,29)/t14-,15-,16+,17-,18?,22?/m0/s1. The third-order valence-electron chi connectivity index (χ3n) is 7.01. The van der Waals surface area contributed by atoms with Gasteiger partial charge in [-0.3, -0.25) is 14.4 Å². The van der Waals surface area contributed by atoms with E-state index in [9.17, 15) is 24.6 Å². The number of nitrogens with zero attached hydrogens (tertiary/aromatic N) is 2. The van der Waals surface area contributed by atoms with E-state index in [4.69, 9.17) is 4.74 Å². The predicted octanol–water partition coefficient (Wildman–Crippen LogP) is 1.28. The van der Waals surface area contributed by atoms with Gasteiger partial charge in [-0.2, -0.15) is 0 Å². The fourth-order valence-electron chi connectivity index (χ4n) is 5.60. The van der Waals surface area contributed by atoms with Crippen LogP contribution in [0.25, 0.3) is 0 Å². The number of rotatable bonds is 10. The molecule has 3 rings (SSSR count). The number of hydrogen-bond acceptors (Lipinski definition) is 5. The Labute approximate surface area is 177 Å². The maximum Gasteiger partial charge on any atom is 0.310 e. The van der Waals surface area contributed by atoms with E-state index in [1.165, 1.54) is 4.90 Å². The number of likely N-dealkylation sites (tertiary alicyclic amines) is 1. The molecule has 0 aliphatic carbocycles. The van der Waals surface area contributed by atoms with Crippen LogP contribution < -0.4 is 0 Å². The van der Waals surface area contributed by atoms with Crippen LogP contribution in [0.2, 0.25) is 0 Å². The summed E-state index contributed by atoms with van der Waals surface area (Å²) in [6.45, 7) is 10.1. The number of ether oxygens (including phenoxy) is 1. The van der Waals surface area contributed by atoms with Crippen LogP contribution in [-0.2, 0) is 19.1 Å². The Bertz CT molecular complexity index is 710. The average molecular weight is 423 g/mol. The zero-order chi connectivity index (χ0) is 22.2. The first-order valence-corrected chi connectivity index (χ1v) is 11.0. The molecule has 3 saturated heterocycles. The first kappa shape index (κ1) is 22.7. The van der Waals surface area contributed by atoms with Gasteiger partial charge in [0.25, 0.3) is 0 Å². The molecule has 3 heterocycles. The van der Waals surface area contributed by atoms with E-state index in [1.807, 2.05) is 20.8 Å². The molecule has 0 aromatic carbocycles. The highest BCUT2D eigenvalue weighted by molar-refractivity contribution is 5.98. The lowest BCUT2D eigenvalue weighted by Crippen LogP contribution is -2.59. The minimum Gasteiger partial charge on any atom is -0.481 e. The van der Waals surface area contributed by atoms with Gasteiger partial charge in [-0.25, -0.2) is 0 Å². The average Bonchev–Trinajstić information content (AvgIpc) is 3.33. The highest BCUT2D eigenvalue weighted by Crippen LogP contribution is 2.59. The number of amides is 2. The Morgan fingerprint density at radius 2 is 2.13 bits per heavy atom. The van der Waals surface area contributed by atoms with Gasteiger partial charge in [-0.15, -0.1) is 6.58 Å². The number of unbranched alkanes of at least 4 members (excludes halogenated alkanes) is 1. The first-order chi connectivity index (χ1) is 14.2. The molecule has 2 unspecified atom stereocenters. The Kier molecular flexibility index (Phi) is 6.57. The molecule has 0 radical (unpaired) electrons. The number of carboxylic acid groups (broad SMARTS) is 1. The zero-order valence-corrected chi connectivity index (χ0v) is 18.1. The molecule has 0 saturated carbocycles. The van der Waals surface area contributed by atoms with E-state index in [-0.39, 0.29) is 24.3 Å². The fraction of sp³-hybridized carbons (Fsp3) is 0.773. The van der Waals surface area contributed by atoms with Crippen molar-refractivity contribution in [1.29, 1.82) is 0 Å². The third kappa shape index (κ3) is 3.34. The number of hydrogen-bond donors (Lipinski definition) is 2. The number of fused-ring (bicyclic) bond motifs is 1. The maximum atomic E-state index is 13.8. The number of aliphatic hydroxyl groups is 1. The summed E-state index contributed by atoms with van der Waals surface area (Å²) in [5.74, 6) is -3.65. The van der Waals surface area contributed by atoms with Gasteiger partial charge in [0.05, 0.1) is 30.6 Å². The van der Waals surface area contributed by atoms with Gasteiger partial charge in [-0.1, -0.05) is 33.3 Å². The fourth-order valence-corrected chi connectivity index (χ4v) is 5.60. The Morgan fingerprint density at radius 1 is 1.43 bits per heavy atom. The quantitative estimate of drug-likeness (QED) is 0.514. The van der Waals surface area contributed by atoms with Crippen LogP contribution in [0, 0.1) is 17.8 Å². The molecule has 6 atom stereocenters. The molecule has 3 aliphatic heterocycles. The predicted molar refractivity (Wildman–Crippen MR) is 109 cm³/mol. The molecule has 3 fully saturated rings. The van der Waals surface area contributed by atoms with Gasteiger partial charge in [-0.05, 0) is 25.2 Å². The van der Waals surface area contributed by atoms with Crippen molar-refractivity contribution in [2.45, 2.75) is 70.2 Å². The van der Waals surface area contributed by atoms with Crippen molar-refractivity contribution in [3.8, 4) is 0 Å². The topological polar surface area (TPSA) is 107 Å². The van der Waals surface area contributed by atoms with Crippen molar-refractivity contribution in [3.05, 3.63) is 12.7 Å². The molecule has 2 N–H and O–H groups in total. The van der Waals surface area contributed by atoms with E-state index in [2.05, 4.69) is 6.58 Å². The zero-order valence-electron chi connectivity index (χ0n) is 18.1. The molecule has 168 valence electrons. The third-order valence-corrected chi connectivity index (χ3v) is 7.01. The lowest BCUT2D eigenvalue weighted by atomic mass is 9.70. The Hall–Kier alpha value is -1.93. The van der Waals surface area contributed by atoms with Crippen molar-refractivity contribution >= 4 is 17.8 Å². The minimum absolute atomic E-state index is 0.103. The van der Waals surface area contributed by atoms with Crippen LogP contribution in [0.5, 0.6) is 0 Å². The molecule has 2 bridgehead atoms. The lowest BCUT2D eigenvalue weighted by molar-refractivity contribution is -0.154. The van der Waals surface area contributed by atoms with Gasteiger partial charge in [0, 0.05) is 13.1 Å². The summed E-state index contributed by atoms with van der Waals surface area (Å²) in [5, 5.41) is 19.9. The molecule has 8 heteroatoms. The summed E-state index contributed by atoms with van der Waals surface area (Å²) in [4.78, 5) is 42.5. The van der Waals surface area contributed by atoms with E-state index in [0.29, 0.717) is 25.9 Å². The van der Waals surface area contributed by atoms with E-state index >= 15 is 0 Å². The molecule has 1 spiro atoms. The molecule has 8 nitrogen and oxygen atoms in total. The van der Waals surface area contributed by atoms with Gasteiger partial charge in [0.1, 0.15) is 11.6 Å². The summed E-state index contributed by atoms with van der Waals surface area (Å²) >= 11 is 0. The van der Waals surface area contributed by atoms with Crippen LogP contribution in [0.1, 0.15) is 46.5 Å². The summed E-state index contributed by atoms with van der Waals surface area (Å²) in [6.07, 6.45) is 3.81. The summed E-state index contributed by atoms with van der Waals surface area (Å²) in [6, 6.07) is -1.51. The SMILES string of the molecule is C=CCN(CCCC)C(=O)C1N([C@@H](CO)C(C)C)C(=O)[C@@H]2[C@H](C(=O)O)[C@@H]3CCC12O3. The van der Waals surface area contributed by atoms with Crippen molar-refractivity contribution < 1.29 is 29.3 Å². The van der Waals surface area contributed by atoms with Crippen molar-refractivity contribution in [2.24, 2.45) is 17.8 Å². The first-order valence-electron chi connectivity index (χ1n) is 11.0. The van der Waals surface area contributed by atoms with Gasteiger partial charge < -0.3 is 24.7 Å². The lowest BCUT2D eigenvalue weighted by Gasteiger charge is -2.40. The normalized spacial score (nSPS) is 33.1. The second kappa shape index (κ2) is 8.67. The van der Waals surface area contributed by atoms with E-state index in [1.54, 1.807) is 11.0 Å². The van der Waals surface area contributed by atoms with Crippen LogP contribution >= 0.6 is 0 Å². The number of aliphatic hydroxyl groups excluding tert-OH is 1. The Morgan fingerprint density at radius 3 is 2.67 bits per heavy atom. The summed E-state index contributed by atoms with van der Waals surface area (Å²) in [5.41, 5.74) is -1.14. The van der Waals surface area contributed by atoms with Gasteiger partial charge >= 0.3 is 5.97 Å². The molecule has 0 aromatic rings. The number of carbonyl (C=O) groups excluding carboxylic acids is 2. The maximum absolute atomic E-state index is 13.8. The van der Waals surface area contributed by atoms with Gasteiger partial charge in [0.15, 0.2) is 0 Å². The highest BCUT2D eigenvalue weighted by Gasteiger charge is 2.75. The monoisotopic (exact) mass is 422 g/mol. The summed E-state index contributed by atoms with van der Waals surface area (Å²) in [7, 11) is 0. The molecule has 0 aromatic heterocycles. The molecular weight excluding hydrogens is 388 g/mol. The number of carboxylic acids is 1.